The Morgan fingerprint density at radius 3 is 2.28 bits per heavy atom. The van der Waals surface area contributed by atoms with Crippen LogP contribution in [0.4, 0.5) is 0 Å². The van der Waals surface area contributed by atoms with E-state index >= 15 is 0 Å². The Morgan fingerprint density at radius 1 is 0.944 bits per heavy atom. The first-order valence-electron chi connectivity index (χ1n) is 7.07. The molecule has 0 fully saturated rings. The van der Waals surface area contributed by atoms with E-state index in [-0.39, 0.29) is 11.7 Å². The van der Waals surface area contributed by atoms with Crippen LogP contribution in [0.1, 0.15) is 58.3 Å². The monoisotopic (exact) mass is 262 g/mol. The van der Waals surface area contributed by atoms with Crippen molar-refractivity contribution in [3.8, 4) is 0 Å². The van der Waals surface area contributed by atoms with Crippen LogP contribution in [0.25, 0.3) is 0 Å². The molecule has 1 aromatic carbocycles. The van der Waals surface area contributed by atoms with Crippen molar-refractivity contribution in [3.63, 3.8) is 0 Å². The third-order valence-electron chi connectivity index (χ3n) is 4.41. The maximum absolute atomic E-state index is 12.0. The number of fused-ring (bicyclic) bond motifs is 3. The Morgan fingerprint density at radius 2 is 1.56 bits per heavy atom. The summed E-state index contributed by atoms with van der Waals surface area (Å²) in [4.78, 5) is 12.0. The minimum Gasteiger partial charge on any atom is -0.293 e. The molecule has 0 N–H and O–H groups in total. The van der Waals surface area contributed by atoms with Crippen LogP contribution in [-0.2, 0) is 25.7 Å². The van der Waals surface area contributed by atoms with E-state index in [2.05, 4.69) is 6.07 Å². The number of hydrogen-bond donors (Lipinski definition) is 0. The van der Waals surface area contributed by atoms with Crippen molar-refractivity contribution in [3.05, 3.63) is 33.9 Å². The standard InChI is InChI=1S/C16H19ClO/c17-10-16(18)15-9-11-5-1-2-6-12(11)13-7-3-4-8-14(13)15/h9H,1-8,10H2. The maximum Gasteiger partial charge on any atom is 0.177 e. The van der Waals surface area contributed by atoms with Crippen molar-refractivity contribution in [2.24, 2.45) is 0 Å². The number of ketones is 1. The van der Waals surface area contributed by atoms with E-state index in [1.165, 1.54) is 55.2 Å². The highest BCUT2D eigenvalue weighted by atomic mass is 35.5. The highest BCUT2D eigenvalue weighted by Crippen LogP contribution is 2.34. The predicted molar refractivity (Wildman–Crippen MR) is 74.8 cm³/mol. The summed E-state index contributed by atoms with van der Waals surface area (Å²) in [5.41, 5.74) is 6.76. The van der Waals surface area contributed by atoms with Crippen LogP contribution in [0, 0.1) is 0 Å². The van der Waals surface area contributed by atoms with Crippen LogP contribution in [0.3, 0.4) is 0 Å². The van der Waals surface area contributed by atoms with Crippen molar-refractivity contribution in [2.45, 2.75) is 51.4 Å². The molecule has 0 spiro atoms. The quantitative estimate of drug-likeness (QED) is 0.584. The predicted octanol–water partition coefficient (Wildman–Crippen LogP) is 3.87. The molecule has 0 atom stereocenters. The topological polar surface area (TPSA) is 17.1 Å². The van der Waals surface area contributed by atoms with E-state index in [1.54, 1.807) is 5.56 Å². The summed E-state index contributed by atoms with van der Waals surface area (Å²) in [6.45, 7) is 0. The van der Waals surface area contributed by atoms with Gasteiger partial charge in [-0.15, -0.1) is 11.6 Å². The fourth-order valence-electron chi connectivity index (χ4n) is 3.55. The largest absolute Gasteiger partial charge is 0.293 e. The van der Waals surface area contributed by atoms with Crippen molar-refractivity contribution >= 4 is 17.4 Å². The molecule has 0 saturated carbocycles. The molecule has 18 heavy (non-hydrogen) atoms. The molecular formula is C16H19ClO. The fourth-order valence-corrected chi connectivity index (χ4v) is 3.69. The second-order valence-corrected chi connectivity index (χ2v) is 5.76. The van der Waals surface area contributed by atoms with Crippen LogP contribution >= 0.6 is 11.6 Å². The highest BCUT2D eigenvalue weighted by Gasteiger charge is 2.24. The zero-order valence-electron chi connectivity index (χ0n) is 10.7. The lowest BCUT2D eigenvalue weighted by molar-refractivity contribution is 0.101. The second-order valence-electron chi connectivity index (χ2n) is 5.49. The molecule has 2 heteroatoms. The van der Waals surface area contributed by atoms with E-state index in [4.69, 9.17) is 11.6 Å². The van der Waals surface area contributed by atoms with E-state index in [9.17, 15) is 4.79 Å². The van der Waals surface area contributed by atoms with Crippen LogP contribution in [0.5, 0.6) is 0 Å². The fraction of sp³-hybridized carbons (Fsp3) is 0.562. The van der Waals surface area contributed by atoms with Crippen LogP contribution in [0.15, 0.2) is 6.07 Å². The summed E-state index contributed by atoms with van der Waals surface area (Å²) in [6, 6.07) is 2.16. The van der Waals surface area contributed by atoms with E-state index in [1.807, 2.05) is 0 Å². The number of alkyl halides is 1. The van der Waals surface area contributed by atoms with Gasteiger partial charge in [-0.3, -0.25) is 4.79 Å². The molecule has 0 bridgehead atoms. The molecule has 0 aliphatic heterocycles. The Bertz CT molecular complexity index is 490. The summed E-state index contributed by atoms with van der Waals surface area (Å²) in [7, 11) is 0. The molecule has 0 unspecified atom stereocenters. The van der Waals surface area contributed by atoms with Crippen molar-refractivity contribution in [1.82, 2.24) is 0 Å². The third-order valence-corrected chi connectivity index (χ3v) is 4.65. The molecule has 0 saturated heterocycles. The first-order valence-corrected chi connectivity index (χ1v) is 7.60. The van der Waals surface area contributed by atoms with Crippen molar-refractivity contribution in [1.29, 1.82) is 0 Å². The van der Waals surface area contributed by atoms with Gasteiger partial charge < -0.3 is 0 Å². The molecule has 2 aliphatic carbocycles. The molecular weight excluding hydrogens is 244 g/mol. The van der Waals surface area contributed by atoms with Crippen molar-refractivity contribution in [2.75, 3.05) is 5.88 Å². The van der Waals surface area contributed by atoms with Crippen LogP contribution in [-0.4, -0.2) is 11.7 Å². The van der Waals surface area contributed by atoms with Gasteiger partial charge in [0.15, 0.2) is 5.78 Å². The number of Topliss-reactive ketones (excluding diaryl/α,β-unsaturated/α-hetero) is 1. The number of hydrogen-bond acceptors (Lipinski definition) is 1. The van der Waals surface area contributed by atoms with Gasteiger partial charge in [0.1, 0.15) is 0 Å². The van der Waals surface area contributed by atoms with Gasteiger partial charge in [-0.1, -0.05) is 0 Å². The van der Waals surface area contributed by atoms with E-state index < -0.39 is 0 Å². The Hall–Kier alpha value is -0.820. The summed E-state index contributed by atoms with van der Waals surface area (Å²) >= 11 is 5.76. The second kappa shape index (κ2) is 5.05. The van der Waals surface area contributed by atoms with Gasteiger partial charge in [0.25, 0.3) is 0 Å². The lowest BCUT2D eigenvalue weighted by Gasteiger charge is -2.27. The third kappa shape index (κ3) is 1.99. The number of rotatable bonds is 2. The van der Waals surface area contributed by atoms with Gasteiger partial charge in [-0.05, 0) is 79.7 Å². The molecule has 0 amide bonds. The average Bonchev–Trinajstić information content (AvgIpc) is 2.45. The smallest absolute Gasteiger partial charge is 0.177 e. The zero-order chi connectivity index (χ0) is 12.5. The summed E-state index contributed by atoms with van der Waals surface area (Å²) in [5, 5.41) is 0. The van der Waals surface area contributed by atoms with Gasteiger partial charge in [-0.25, -0.2) is 0 Å². The van der Waals surface area contributed by atoms with E-state index in [0.29, 0.717) is 0 Å². The molecule has 0 aromatic heterocycles. The van der Waals surface area contributed by atoms with Crippen LogP contribution in [0.2, 0.25) is 0 Å². The maximum atomic E-state index is 12.0. The molecule has 2 aliphatic rings. The SMILES string of the molecule is O=C(CCl)c1cc2c(c3c1CCCC3)CCCC2. The Kier molecular flexibility index (Phi) is 3.43. The molecule has 3 rings (SSSR count). The van der Waals surface area contributed by atoms with Gasteiger partial charge in [0, 0.05) is 5.56 Å². The minimum atomic E-state index is 0.114. The number of carbonyl (C=O) groups excluding carboxylic acids is 1. The molecule has 1 aromatic rings. The summed E-state index contributed by atoms with van der Waals surface area (Å²) in [6.07, 6.45) is 9.66. The normalized spacial score (nSPS) is 18.1. The zero-order valence-corrected chi connectivity index (χ0v) is 11.5. The molecule has 0 heterocycles. The number of aryl methyl sites for hydroxylation is 1. The first kappa shape index (κ1) is 12.2. The molecule has 1 nitrogen and oxygen atoms in total. The minimum absolute atomic E-state index is 0.114. The molecule has 96 valence electrons. The van der Waals surface area contributed by atoms with E-state index in [0.717, 1.165) is 18.4 Å². The Balaban J connectivity index is 2.18. The summed E-state index contributed by atoms with van der Waals surface area (Å²) < 4.78 is 0. The van der Waals surface area contributed by atoms with Gasteiger partial charge in [-0.2, -0.15) is 0 Å². The lowest BCUT2D eigenvalue weighted by atomic mass is 9.78. The molecule has 0 radical (unpaired) electrons. The highest BCUT2D eigenvalue weighted by molar-refractivity contribution is 6.30. The number of benzene rings is 1. The lowest BCUT2D eigenvalue weighted by Crippen LogP contribution is -2.18. The number of halogens is 1. The van der Waals surface area contributed by atoms with Gasteiger partial charge in [0.2, 0.25) is 0 Å². The van der Waals surface area contributed by atoms with Crippen molar-refractivity contribution < 1.29 is 4.79 Å². The van der Waals surface area contributed by atoms with Gasteiger partial charge >= 0.3 is 0 Å². The summed E-state index contributed by atoms with van der Waals surface area (Å²) in [5.74, 6) is 0.230. The Labute approximate surface area is 114 Å². The van der Waals surface area contributed by atoms with Crippen LogP contribution < -0.4 is 0 Å². The number of carbonyl (C=O) groups is 1. The first-order chi connectivity index (χ1) is 8.81. The average molecular weight is 263 g/mol. The van der Waals surface area contributed by atoms with Gasteiger partial charge in [0.05, 0.1) is 5.88 Å².